The predicted octanol–water partition coefficient (Wildman–Crippen LogP) is -0.861. The normalized spacial score (nSPS) is 29.7. The van der Waals surface area contributed by atoms with Crippen molar-refractivity contribution < 1.29 is 24.1 Å². The van der Waals surface area contributed by atoms with Gasteiger partial charge in [-0.3, -0.25) is 0 Å². The van der Waals surface area contributed by atoms with Crippen LogP contribution in [0.15, 0.2) is 0 Å². The molecule has 0 aromatic heterocycles. The van der Waals surface area contributed by atoms with Crippen LogP contribution in [0, 0.1) is 0 Å². The van der Waals surface area contributed by atoms with Gasteiger partial charge in [0.05, 0.1) is 6.61 Å². The molecule has 0 amide bonds. The Labute approximate surface area is 80.4 Å². The first-order valence-corrected chi connectivity index (χ1v) is 4.54. The molecule has 0 aromatic rings. The fourth-order valence-corrected chi connectivity index (χ4v) is 1.26. The van der Waals surface area contributed by atoms with Gasteiger partial charge in [-0.25, -0.2) is 19.4 Å². The van der Waals surface area contributed by atoms with E-state index < -0.39 is 18.0 Å². The first kappa shape index (κ1) is 9.42. The van der Waals surface area contributed by atoms with Gasteiger partial charge in [0.25, 0.3) is 0 Å². The molecule has 2 aliphatic heterocycles. The molecule has 78 valence electrons. The lowest BCUT2D eigenvalue weighted by molar-refractivity contribution is -0.261. The largest absolute Gasteiger partial charge is 0.386 e. The Morgan fingerprint density at radius 2 is 2.00 bits per heavy atom. The average Bonchev–Trinajstić information content (AvgIpc) is 2.90. The molecule has 0 aliphatic carbocycles. The number of epoxide rings is 1. The van der Waals surface area contributed by atoms with Gasteiger partial charge < -0.3 is 10.1 Å². The number of rotatable bonds is 2. The SMILES string of the molecule is O=C(OOC(=O)C1CO1)C1CCCN1. The van der Waals surface area contributed by atoms with Crippen molar-refractivity contribution in [3.63, 3.8) is 0 Å². The summed E-state index contributed by atoms with van der Waals surface area (Å²) < 4.78 is 4.65. The standard InChI is InChI=1S/C8H11NO5/c10-7(5-2-1-3-9-5)13-14-8(11)6-4-12-6/h5-6,9H,1-4H2. The Bertz CT molecular complexity index is 244. The second-order valence-corrected chi connectivity index (χ2v) is 3.28. The van der Waals surface area contributed by atoms with Crippen LogP contribution in [0.4, 0.5) is 0 Å². The van der Waals surface area contributed by atoms with Gasteiger partial charge in [-0.15, -0.1) is 0 Å². The number of nitrogens with one attached hydrogen (secondary N) is 1. The third-order valence-corrected chi connectivity index (χ3v) is 2.15. The molecule has 14 heavy (non-hydrogen) atoms. The van der Waals surface area contributed by atoms with E-state index in [9.17, 15) is 9.59 Å². The Morgan fingerprint density at radius 3 is 2.57 bits per heavy atom. The lowest BCUT2D eigenvalue weighted by Gasteiger charge is -2.06. The molecule has 6 heteroatoms. The van der Waals surface area contributed by atoms with Crippen LogP contribution in [0.25, 0.3) is 0 Å². The zero-order valence-electron chi connectivity index (χ0n) is 7.52. The maximum absolute atomic E-state index is 11.2. The number of carbonyl (C=O) groups is 2. The van der Waals surface area contributed by atoms with E-state index in [1.807, 2.05) is 0 Å². The Balaban J connectivity index is 1.68. The summed E-state index contributed by atoms with van der Waals surface area (Å²) in [6.45, 7) is 1.14. The minimum atomic E-state index is -0.642. The van der Waals surface area contributed by atoms with Gasteiger partial charge in [-0.1, -0.05) is 0 Å². The molecule has 2 heterocycles. The molecule has 2 saturated heterocycles. The van der Waals surface area contributed by atoms with Crippen LogP contribution in [-0.2, 0) is 24.1 Å². The third kappa shape index (κ3) is 2.21. The van der Waals surface area contributed by atoms with Crippen molar-refractivity contribution in [1.29, 1.82) is 0 Å². The number of hydrogen-bond acceptors (Lipinski definition) is 6. The highest BCUT2D eigenvalue weighted by Gasteiger charge is 2.35. The van der Waals surface area contributed by atoms with Crippen molar-refractivity contribution in [2.24, 2.45) is 0 Å². The predicted molar refractivity (Wildman–Crippen MR) is 42.9 cm³/mol. The second-order valence-electron chi connectivity index (χ2n) is 3.28. The molecular formula is C8H11NO5. The molecule has 0 spiro atoms. The summed E-state index contributed by atoms with van der Waals surface area (Å²) in [4.78, 5) is 30.7. The third-order valence-electron chi connectivity index (χ3n) is 2.15. The van der Waals surface area contributed by atoms with Gasteiger partial charge in [-0.05, 0) is 19.4 Å². The molecule has 2 unspecified atom stereocenters. The summed E-state index contributed by atoms with van der Waals surface area (Å²) in [5, 5.41) is 2.93. The van der Waals surface area contributed by atoms with Crippen LogP contribution < -0.4 is 5.32 Å². The van der Waals surface area contributed by atoms with Crippen LogP contribution in [0.3, 0.4) is 0 Å². The highest BCUT2D eigenvalue weighted by molar-refractivity contribution is 5.79. The smallest absolute Gasteiger partial charge is 0.361 e. The topological polar surface area (TPSA) is 77.2 Å². The van der Waals surface area contributed by atoms with E-state index in [0.717, 1.165) is 19.4 Å². The van der Waals surface area contributed by atoms with Gasteiger partial charge in [0.1, 0.15) is 6.04 Å². The lowest BCUT2D eigenvalue weighted by Crippen LogP contribution is -2.33. The quantitative estimate of drug-likeness (QED) is 0.356. The summed E-state index contributed by atoms with van der Waals surface area (Å²) in [6.07, 6.45) is 1.11. The van der Waals surface area contributed by atoms with Crippen LogP contribution in [-0.4, -0.2) is 37.2 Å². The molecule has 0 radical (unpaired) electrons. The second kappa shape index (κ2) is 3.93. The van der Waals surface area contributed by atoms with E-state index in [0.29, 0.717) is 6.61 Å². The van der Waals surface area contributed by atoms with Gasteiger partial charge in [-0.2, -0.15) is 0 Å². The first-order valence-electron chi connectivity index (χ1n) is 4.54. The molecule has 0 aromatic carbocycles. The van der Waals surface area contributed by atoms with Crippen LogP contribution in [0.2, 0.25) is 0 Å². The monoisotopic (exact) mass is 201 g/mol. The van der Waals surface area contributed by atoms with E-state index >= 15 is 0 Å². The maximum atomic E-state index is 11.2. The molecular weight excluding hydrogens is 190 g/mol. The van der Waals surface area contributed by atoms with Crippen molar-refractivity contribution in [3.05, 3.63) is 0 Å². The van der Waals surface area contributed by atoms with Crippen molar-refractivity contribution >= 4 is 11.9 Å². The van der Waals surface area contributed by atoms with Crippen molar-refractivity contribution in [1.82, 2.24) is 5.32 Å². The van der Waals surface area contributed by atoms with E-state index in [1.165, 1.54) is 0 Å². The minimum absolute atomic E-state index is 0.345. The molecule has 1 N–H and O–H groups in total. The maximum Gasteiger partial charge on any atom is 0.386 e. The molecule has 6 nitrogen and oxygen atoms in total. The molecule has 2 atom stereocenters. The lowest BCUT2D eigenvalue weighted by atomic mass is 10.2. The molecule has 2 rings (SSSR count). The van der Waals surface area contributed by atoms with E-state index in [-0.39, 0.29) is 6.04 Å². The summed E-state index contributed by atoms with van der Waals surface area (Å²) >= 11 is 0. The van der Waals surface area contributed by atoms with Crippen LogP contribution in [0.5, 0.6) is 0 Å². The molecule has 2 fully saturated rings. The highest BCUT2D eigenvalue weighted by atomic mass is 17.2. The number of hydrogen-bond donors (Lipinski definition) is 1. The van der Waals surface area contributed by atoms with Crippen LogP contribution >= 0.6 is 0 Å². The fraction of sp³-hybridized carbons (Fsp3) is 0.750. The summed E-state index contributed by atoms with van der Waals surface area (Å²) in [7, 11) is 0. The van der Waals surface area contributed by atoms with E-state index in [2.05, 4.69) is 19.8 Å². The van der Waals surface area contributed by atoms with Gasteiger partial charge in [0, 0.05) is 0 Å². The molecule has 0 bridgehead atoms. The Kier molecular flexibility index (Phi) is 2.64. The summed E-state index contributed by atoms with van der Waals surface area (Å²) in [6, 6.07) is -0.345. The number of carbonyl (C=O) groups excluding carboxylic acids is 2. The molecule has 2 aliphatic rings. The fourth-order valence-electron chi connectivity index (χ4n) is 1.26. The highest BCUT2D eigenvalue weighted by Crippen LogP contribution is 2.12. The average molecular weight is 201 g/mol. The van der Waals surface area contributed by atoms with Crippen molar-refractivity contribution in [2.75, 3.05) is 13.2 Å². The summed E-state index contributed by atoms with van der Waals surface area (Å²) in [5.74, 6) is -1.19. The van der Waals surface area contributed by atoms with Gasteiger partial charge >= 0.3 is 11.9 Å². The zero-order valence-corrected chi connectivity index (χ0v) is 7.52. The van der Waals surface area contributed by atoms with E-state index in [1.54, 1.807) is 0 Å². The Morgan fingerprint density at radius 1 is 1.29 bits per heavy atom. The Hall–Kier alpha value is -1.14. The first-order chi connectivity index (χ1) is 6.77. The minimum Gasteiger partial charge on any atom is -0.361 e. The summed E-state index contributed by atoms with van der Waals surface area (Å²) in [5.41, 5.74) is 0. The zero-order chi connectivity index (χ0) is 9.97. The van der Waals surface area contributed by atoms with Gasteiger partial charge in [0.15, 0.2) is 6.10 Å². The van der Waals surface area contributed by atoms with Crippen LogP contribution in [0.1, 0.15) is 12.8 Å². The van der Waals surface area contributed by atoms with Crippen molar-refractivity contribution in [3.8, 4) is 0 Å². The number of ether oxygens (including phenoxy) is 1. The van der Waals surface area contributed by atoms with E-state index in [4.69, 9.17) is 0 Å². The van der Waals surface area contributed by atoms with Crippen molar-refractivity contribution in [2.45, 2.75) is 25.0 Å². The molecule has 0 saturated carbocycles. The van der Waals surface area contributed by atoms with Gasteiger partial charge in [0.2, 0.25) is 0 Å².